The molecule has 1 heterocycles. The van der Waals surface area contributed by atoms with Gasteiger partial charge in [0.15, 0.2) is 0 Å². The highest BCUT2D eigenvalue weighted by Gasteiger charge is 2.36. The van der Waals surface area contributed by atoms with Crippen molar-refractivity contribution in [2.24, 2.45) is 5.41 Å². The molecular weight excluding hydrogens is 228 g/mol. The molecule has 0 spiro atoms. The van der Waals surface area contributed by atoms with Gasteiger partial charge in [0.1, 0.15) is 9.84 Å². The van der Waals surface area contributed by atoms with Crippen LogP contribution < -0.4 is 10.6 Å². The fourth-order valence-corrected chi connectivity index (χ4v) is 2.90. The number of carbonyl (C=O) groups excluding carboxylic acids is 1. The molecule has 2 N–H and O–H groups in total. The number of rotatable bonds is 4. The smallest absolute Gasteiger partial charge is 0.227 e. The summed E-state index contributed by atoms with van der Waals surface area (Å²) in [5.41, 5.74) is -0.397. The van der Waals surface area contributed by atoms with Crippen molar-refractivity contribution in [1.82, 2.24) is 10.6 Å². The third kappa shape index (κ3) is 3.75. The van der Waals surface area contributed by atoms with Crippen LogP contribution in [-0.2, 0) is 14.6 Å². The van der Waals surface area contributed by atoms with Crippen molar-refractivity contribution in [3.63, 3.8) is 0 Å². The Bertz CT molecular complexity index is 358. The van der Waals surface area contributed by atoms with Gasteiger partial charge in [-0.15, -0.1) is 0 Å². The summed E-state index contributed by atoms with van der Waals surface area (Å²) in [6, 6.07) is -0.333. The van der Waals surface area contributed by atoms with E-state index >= 15 is 0 Å². The molecule has 0 aromatic heterocycles. The van der Waals surface area contributed by atoms with Crippen molar-refractivity contribution in [2.45, 2.75) is 26.3 Å². The molecule has 5 nitrogen and oxygen atoms in total. The molecule has 0 aliphatic carbocycles. The molecule has 0 aromatic carbocycles. The molecule has 6 heteroatoms. The van der Waals surface area contributed by atoms with E-state index in [0.717, 1.165) is 13.0 Å². The predicted molar refractivity (Wildman–Crippen MR) is 62.9 cm³/mol. The molecular formula is C10H20N2O3S. The highest BCUT2D eigenvalue weighted by molar-refractivity contribution is 7.90. The van der Waals surface area contributed by atoms with Gasteiger partial charge in [0.05, 0.1) is 11.2 Å². The summed E-state index contributed by atoms with van der Waals surface area (Å²) in [5, 5.41) is 5.90. The second kappa shape index (κ2) is 4.71. The minimum Gasteiger partial charge on any atom is -0.352 e. The lowest BCUT2D eigenvalue weighted by Gasteiger charge is -2.24. The van der Waals surface area contributed by atoms with Gasteiger partial charge in [0.25, 0.3) is 0 Å². The van der Waals surface area contributed by atoms with Crippen LogP contribution in [0.1, 0.15) is 20.3 Å². The average molecular weight is 248 g/mol. The van der Waals surface area contributed by atoms with E-state index in [9.17, 15) is 13.2 Å². The van der Waals surface area contributed by atoms with Crippen LogP contribution in [0.2, 0.25) is 0 Å². The van der Waals surface area contributed by atoms with Crippen molar-refractivity contribution < 1.29 is 13.2 Å². The van der Waals surface area contributed by atoms with E-state index in [1.807, 2.05) is 6.92 Å². The van der Waals surface area contributed by atoms with Crippen LogP contribution in [-0.4, -0.2) is 45.5 Å². The van der Waals surface area contributed by atoms with Gasteiger partial charge in [0.2, 0.25) is 5.91 Å². The van der Waals surface area contributed by atoms with Gasteiger partial charge in [-0.05, 0) is 26.8 Å². The van der Waals surface area contributed by atoms with E-state index < -0.39 is 15.3 Å². The van der Waals surface area contributed by atoms with Crippen molar-refractivity contribution in [1.29, 1.82) is 0 Å². The number of carbonyl (C=O) groups is 1. The maximum Gasteiger partial charge on any atom is 0.227 e. The van der Waals surface area contributed by atoms with E-state index in [2.05, 4.69) is 10.6 Å². The van der Waals surface area contributed by atoms with E-state index in [-0.39, 0.29) is 17.7 Å². The lowest BCUT2D eigenvalue weighted by atomic mass is 9.88. The zero-order valence-electron chi connectivity index (χ0n) is 10.0. The van der Waals surface area contributed by atoms with Crippen LogP contribution in [0.25, 0.3) is 0 Å². The topological polar surface area (TPSA) is 75.3 Å². The van der Waals surface area contributed by atoms with Crippen molar-refractivity contribution >= 4 is 15.7 Å². The highest BCUT2D eigenvalue weighted by atomic mass is 32.2. The lowest BCUT2D eigenvalue weighted by molar-refractivity contribution is -0.129. The molecule has 94 valence electrons. The van der Waals surface area contributed by atoms with Crippen LogP contribution in [0.15, 0.2) is 0 Å². The number of hydrogen-bond acceptors (Lipinski definition) is 4. The lowest BCUT2D eigenvalue weighted by Crippen LogP contribution is -2.46. The zero-order valence-corrected chi connectivity index (χ0v) is 10.9. The third-order valence-electron chi connectivity index (χ3n) is 2.85. The number of sulfone groups is 1. The molecule has 1 amide bonds. The Balaban J connectivity index is 2.51. The maximum atomic E-state index is 11.9. The first-order valence-electron chi connectivity index (χ1n) is 5.42. The molecule has 1 fully saturated rings. The SMILES string of the molecule is CC(CS(C)(=O)=O)NC(=O)C1(C)CCNC1. The Morgan fingerprint density at radius 3 is 2.62 bits per heavy atom. The largest absolute Gasteiger partial charge is 0.352 e. The molecule has 1 rings (SSSR count). The highest BCUT2D eigenvalue weighted by Crippen LogP contribution is 2.24. The predicted octanol–water partition coefficient (Wildman–Crippen LogP) is -0.465. The van der Waals surface area contributed by atoms with E-state index in [4.69, 9.17) is 0 Å². The minimum absolute atomic E-state index is 0.0117. The molecule has 2 unspecified atom stereocenters. The Labute approximate surface area is 96.9 Å². The van der Waals surface area contributed by atoms with E-state index in [0.29, 0.717) is 6.54 Å². The van der Waals surface area contributed by atoms with Crippen LogP contribution in [0.4, 0.5) is 0 Å². The normalized spacial score (nSPS) is 27.7. The standard InChI is InChI=1S/C10H20N2O3S/c1-8(6-16(3,14)15)12-9(13)10(2)4-5-11-7-10/h8,11H,4-7H2,1-3H3,(H,12,13). The van der Waals surface area contributed by atoms with Crippen molar-refractivity contribution in [3.05, 3.63) is 0 Å². The first-order valence-corrected chi connectivity index (χ1v) is 7.48. The quantitative estimate of drug-likeness (QED) is 0.705. The van der Waals surface area contributed by atoms with E-state index in [1.165, 1.54) is 6.26 Å². The summed E-state index contributed by atoms with van der Waals surface area (Å²) in [4.78, 5) is 11.9. The molecule has 0 bridgehead atoms. The Morgan fingerprint density at radius 2 is 2.19 bits per heavy atom. The number of amides is 1. The maximum absolute atomic E-state index is 11.9. The van der Waals surface area contributed by atoms with Gasteiger partial charge in [-0.2, -0.15) is 0 Å². The van der Waals surface area contributed by atoms with Gasteiger partial charge < -0.3 is 10.6 Å². The molecule has 1 aliphatic rings. The van der Waals surface area contributed by atoms with Crippen LogP contribution in [0.5, 0.6) is 0 Å². The van der Waals surface area contributed by atoms with Crippen molar-refractivity contribution in [2.75, 3.05) is 25.1 Å². The zero-order chi connectivity index (χ0) is 12.4. The Morgan fingerprint density at radius 1 is 1.56 bits per heavy atom. The van der Waals surface area contributed by atoms with Gasteiger partial charge in [0, 0.05) is 18.8 Å². The Kier molecular flexibility index (Phi) is 3.96. The van der Waals surface area contributed by atoms with Crippen LogP contribution >= 0.6 is 0 Å². The fraction of sp³-hybridized carbons (Fsp3) is 0.900. The van der Waals surface area contributed by atoms with Gasteiger partial charge in [-0.3, -0.25) is 4.79 Å². The molecule has 16 heavy (non-hydrogen) atoms. The molecule has 1 saturated heterocycles. The molecule has 1 aliphatic heterocycles. The van der Waals surface area contributed by atoms with E-state index in [1.54, 1.807) is 6.92 Å². The monoisotopic (exact) mass is 248 g/mol. The van der Waals surface area contributed by atoms with Crippen LogP contribution in [0, 0.1) is 5.41 Å². The number of nitrogens with one attached hydrogen (secondary N) is 2. The van der Waals surface area contributed by atoms with Gasteiger partial charge in [-0.25, -0.2) is 8.42 Å². The number of hydrogen-bond donors (Lipinski definition) is 2. The van der Waals surface area contributed by atoms with Crippen LogP contribution in [0.3, 0.4) is 0 Å². The molecule has 0 saturated carbocycles. The summed E-state index contributed by atoms with van der Waals surface area (Å²) in [6.07, 6.45) is 1.97. The molecule has 0 aromatic rings. The Hall–Kier alpha value is -0.620. The summed E-state index contributed by atoms with van der Waals surface area (Å²) < 4.78 is 22.1. The molecule has 0 radical (unpaired) electrons. The summed E-state index contributed by atoms with van der Waals surface area (Å²) in [7, 11) is -3.04. The second-order valence-corrected chi connectivity index (χ2v) is 7.14. The third-order valence-corrected chi connectivity index (χ3v) is 3.95. The first-order chi connectivity index (χ1) is 7.23. The molecule has 2 atom stereocenters. The minimum atomic E-state index is -3.04. The first kappa shape index (κ1) is 13.4. The summed E-state index contributed by atoms with van der Waals surface area (Å²) in [5.74, 6) is -0.0731. The summed E-state index contributed by atoms with van der Waals surface area (Å²) in [6.45, 7) is 5.11. The fourth-order valence-electron chi connectivity index (χ4n) is 1.90. The van der Waals surface area contributed by atoms with Gasteiger partial charge >= 0.3 is 0 Å². The second-order valence-electron chi connectivity index (χ2n) is 4.95. The average Bonchev–Trinajstić information content (AvgIpc) is 2.49. The van der Waals surface area contributed by atoms with Crippen molar-refractivity contribution in [3.8, 4) is 0 Å². The van der Waals surface area contributed by atoms with Gasteiger partial charge in [-0.1, -0.05) is 0 Å². The summed E-state index contributed by atoms with van der Waals surface area (Å²) >= 11 is 0.